The van der Waals surface area contributed by atoms with Crippen LogP contribution in [-0.2, 0) is 9.53 Å². The number of pyridine rings is 1. The topological polar surface area (TPSA) is 89.0 Å². The Morgan fingerprint density at radius 3 is 2.58 bits per heavy atom. The number of halogens is 3. The fourth-order valence-corrected chi connectivity index (χ4v) is 3.98. The van der Waals surface area contributed by atoms with Gasteiger partial charge in [0, 0.05) is 24.4 Å². The minimum Gasteiger partial charge on any atom is -0.478 e. The van der Waals surface area contributed by atoms with Crippen LogP contribution < -0.4 is 4.74 Å². The number of ether oxygens (including phenoxy) is 2. The molecule has 1 amide bonds. The van der Waals surface area contributed by atoms with E-state index in [0.29, 0.717) is 31.5 Å². The van der Waals surface area contributed by atoms with Crippen LogP contribution in [0, 0.1) is 12.8 Å². The zero-order valence-electron chi connectivity index (χ0n) is 18.0. The van der Waals surface area contributed by atoms with Crippen molar-refractivity contribution in [3.05, 3.63) is 59.8 Å². The number of aromatic nitrogens is 1. The molecule has 1 unspecified atom stereocenters. The third-order valence-electron chi connectivity index (χ3n) is 5.67. The number of carbonyl (C=O) groups is 2. The van der Waals surface area contributed by atoms with Gasteiger partial charge in [0.25, 0.3) is 5.91 Å². The van der Waals surface area contributed by atoms with Crippen molar-refractivity contribution < 1.29 is 37.3 Å². The molecule has 33 heavy (non-hydrogen) atoms. The summed E-state index contributed by atoms with van der Waals surface area (Å²) in [7, 11) is 0. The van der Waals surface area contributed by atoms with Crippen molar-refractivity contribution in [1.29, 1.82) is 0 Å². The smallest absolute Gasteiger partial charge is 0.478 e. The van der Waals surface area contributed by atoms with E-state index >= 15 is 0 Å². The van der Waals surface area contributed by atoms with Gasteiger partial charge in [0.15, 0.2) is 0 Å². The molecule has 2 fully saturated rings. The molecule has 4 rings (SSSR count). The van der Waals surface area contributed by atoms with E-state index in [0.717, 1.165) is 30.6 Å². The van der Waals surface area contributed by atoms with Crippen LogP contribution in [-0.4, -0.2) is 64.9 Å². The molecule has 0 saturated carbocycles. The summed E-state index contributed by atoms with van der Waals surface area (Å²) in [4.78, 5) is 27.6. The molecule has 7 nitrogen and oxygen atoms in total. The van der Waals surface area contributed by atoms with Crippen molar-refractivity contribution in [2.24, 2.45) is 5.92 Å². The number of hydrogen-bond acceptors (Lipinski definition) is 5. The SMILES string of the molecule is Cc1cccc(C(=O)N2CC3(C2)OCCC3CCOc2ccccn2)c1.O=C(O)C(F)(F)F. The second-order valence-electron chi connectivity index (χ2n) is 8.04. The Bertz CT molecular complexity index is 962. The number of aryl methyl sites for hydroxylation is 1. The van der Waals surface area contributed by atoms with E-state index in [-0.39, 0.29) is 11.5 Å². The third-order valence-corrected chi connectivity index (χ3v) is 5.67. The number of rotatable bonds is 5. The van der Waals surface area contributed by atoms with Crippen LogP contribution in [0.1, 0.15) is 28.8 Å². The first-order valence-corrected chi connectivity index (χ1v) is 10.4. The molecular formula is C23H25F3N2O5. The zero-order valence-corrected chi connectivity index (χ0v) is 18.0. The quantitative estimate of drug-likeness (QED) is 0.723. The van der Waals surface area contributed by atoms with Crippen LogP contribution in [0.4, 0.5) is 13.2 Å². The van der Waals surface area contributed by atoms with Crippen LogP contribution in [0.5, 0.6) is 5.88 Å². The van der Waals surface area contributed by atoms with E-state index in [2.05, 4.69) is 4.98 Å². The molecule has 0 bridgehead atoms. The van der Waals surface area contributed by atoms with Gasteiger partial charge in [0.1, 0.15) is 5.60 Å². The average Bonchev–Trinajstić information content (AvgIpc) is 3.17. The van der Waals surface area contributed by atoms with Crippen LogP contribution in [0.2, 0.25) is 0 Å². The highest BCUT2D eigenvalue weighted by atomic mass is 19.4. The van der Waals surface area contributed by atoms with Crippen molar-refractivity contribution in [3.63, 3.8) is 0 Å². The van der Waals surface area contributed by atoms with Gasteiger partial charge in [-0.3, -0.25) is 4.79 Å². The maximum absolute atomic E-state index is 12.7. The summed E-state index contributed by atoms with van der Waals surface area (Å²) in [5.74, 6) is -1.58. The minimum absolute atomic E-state index is 0.0957. The Morgan fingerprint density at radius 1 is 1.24 bits per heavy atom. The largest absolute Gasteiger partial charge is 0.490 e. The average molecular weight is 466 g/mol. The summed E-state index contributed by atoms with van der Waals surface area (Å²) in [6, 6.07) is 13.4. The van der Waals surface area contributed by atoms with E-state index in [4.69, 9.17) is 19.4 Å². The van der Waals surface area contributed by atoms with Gasteiger partial charge >= 0.3 is 12.1 Å². The van der Waals surface area contributed by atoms with E-state index in [1.54, 1.807) is 6.20 Å². The fourth-order valence-electron chi connectivity index (χ4n) is 3.98. The molecule has 2 aliphatic rings. The second-order valence-corrected chi connectivity index (χ2v) is 8.04. The van der Waals surface area contributed by atoms with E-state index in [9.17, 15) is 18.0 Å². The molecule has 10 heteroatoms. The molecular weight excluding hydrogens is 441 g/mol. The van der Waals surface area contributed by atoms with Gasteiger partial charge in [-0.25, -0.2) is 9.78 Å². The first-order valence-electron chi connectivity index (χ1n) is 10.4. The summed E-state index contributed by atoms with van der Waals surface area (Å²) < 4.78 is 43.5. The minimum atomic E-state index is -5.08. The third kappa shape index (κ3) is 6.22. The van der Waals surface area contributed by atoms with Gasteiger partial charge in [-0.2, -0.15) is 13.2 Å². The number of alkyl halides is 3. The number of carboxylic acids is 1. The first kappa shape index (κ1) is 24.5. The van der Waals surface area contributed by atoms with Crippen molar-refractivity contribution in [1.82, 2.24) is 9.88 Å². The highest BCUT2D eigenvalue weighted by Gasteiger charge is 2.54. The Labute approximate surface area is 189 Å². The second kappa shape index (κ2) is 10.2. The Kier molecular flexibility index (Phi) is 7.57. The highest BCUT2D eigenvalue weighted by molar-refractivity contribution is 5.95. The number of aliphatic carboxylic acids is 1. The van der Waals surface area contributed by atoms with Crippen LogP contribution in [0.3, 0.4) is 0 Å². The molecule has 1 spiro atoms. The maximum Gasteiger partial charge on any atom is 0.490 e. The lowest BCUT2D eigenvalue weighted by Gasteiger charge is -2.50. The summed E-state index contributed by atoms with van der Waals surface area (Å²) in [5.41, 5.74) is 1.67. The Morgan fingerprint density at radius 2 is 1.97 bits per heavy atom. The lowest BCUT2D eigenvalue weighted by Crippen LogP contribution is -2.66. The van der Waals surface area contributed by atoms with Crippen LogP contribution >= 0.6 is 0 Å². The lowest BCUT2D eigenvalue weighted by molar-refractivity contribution is -0.192. The van der Waals surface area contributed by atoms with Gasteiger partial charge in [-0.05, 0) is 43.9 Å². The molecule has 1 aromatic heterocycles. The lowest BCUT2D eigenvalue weighted by atomic mass is 9.79. The van der Waals surface area contributed by atoms with Crippen LogP contribution in [0.15, 0.2) is 48.7 Å². The molecule has 1 atom stereocenters. The van der Waals surface area contributed by atoms with Crippen LogP contribution in [0.25, 0.3) is 0 Å². The number of likely N-dealkylation sites (tertiary alicyclic amines) is 1. The van der Waals surface area contributed by atoms with Crippen molar-refractivity contribution in [2.45, 2.75) is 31.5 Å². The summed E-state index contributed by atoms with van der Waals surface area (Å²) in [6.45, 7) is 4.74. The first-order chi connectivity index (χ1) is 15.6. The summed E-state index contributed by atoms with van der Waals surface area (Å²) >= 11 is 0. The monoisotopic (exact) mass is 466 g/mol. The molecule has 3 heterocycles. The number of carbonyl (C=O) groups excluding carboxylic acids is 1. The molecule has 1 aromatic carbocycles. The number of benzene rings is 1. The zero-order chi connectivity index (χ0) is 24.1. The Balaban J connectivity index is 0.000000383. The van der Waals surface area contributed by atoms with Gasteiger partial charge in [0.2, 0.25) is 5.88 Å². The van der Waals surface area contributed by atoms with E-state index < -0.39 is 12.1 Å². The summed E-state index contributed by atoms with van der Waals surface area (Å²) in [6.07, 6.45) is -1.41. The molecule has 178 valence electrons. The van der Waals surface area contributed by atoms with Crippen molar-refractivity contribution in [2.75, 3.05) is 26.3 Å². The number of carboxylic acid groups (broad SMARTS) is 1. The highest BCUT2D eigenvalue weighted by Crippen LogP contribution is 2.42. The van der Waals surface area contributed by atoms with Crippen molar-refractivity contribution in [3.8, 4) is 5.88 Å². The molecule has 0 aliphatic carbocycles. The summed E-state index contributed by atoms with van der Waals surface area (Å²) in [5, 5.41) is 7.12. The van der Waals surface area contributed by atoms with Gasteiger partial charge in [-0.15, -0.1) is 0 Å². The van der Waals surface area contributed by atoms with Crippen molar-refractivity contribution >= 4 is 11.9 Å². The number of hydrogen-bond donors (Lipinski definition) is 1. The maximum atomic E-state index is 12.7. The number of amides is 1. The molecule has 0 radical (unpaired) electrons. The van der Waals surface area contributed by atoms with E-state index in [1.807, 2.05) is 54.3 Å². The van der Waals surface area contributed by atoms with Gasteiger partial charge in [0.05, 0.1) is 19.7 Å². The predicted molar refractivity (Wildman–Crippen MR) is 112 cm³/mol. The van der Waals surface area contributed by atoms with E-state index in [1.165, 1.54) is 0 Å². The normalized spacial score (nSPS) is 18.8. The fraction of sp³-hybridized carbons (Fsp3) is 0.435. The van der Waals surface area contributed by atoms with Gasteiger partial charge < -0.3 is 19.5 Å². The standard InChI is InChI=1S/C21H24N2O3.C2HF3O2/c1-16-5-4-6-17(13-16)20(24)23-14-21(15-23)18(9-12-26-21)8-11-25-19-7-2-3-10-22-19;3-2(4,5)1(6)7/h2-7,10,13,18H,8-9,11-12,14-15H2,1H3;(H,6,7). The Hall–Kier alpha value is -3.14. The molecule has 2 aliphatic heterocycles. The predicted octanol–water partition coefficient (Wildman–Crippen LogP) is 3.72. The molecule has 1 N–H and O–H groups in total. The van der Waals surface area contributed by atoms with Gasteiger partial charge in [-0.1, -0.05) is 23.8 Å². The number of nitrogens with zero attached hydrogens (tertiary/aromatic N) is 2. The molecule has 2 saturated heterocycles. The molecule has 2 aromatic rings.